The zero-order valence-electron chi connectivity index (χ0n) is 13.0. The molecular formula is C15H18ClN5O2. The molecular weight excluding hydrogens is 318 g/mol. The molecule has 7 nitrogen and oxygen atoms in total. The van der Waals surface area contributed by atoms with Crippen molar-refractivity contribution in [3.05, 3.63) is 34.5 Å². The Hall–Kier alpha value is -2.02. The first-order valence-corrected chi connectivity index (χ1v) is 7.98. The maximum absolute atomic E-state index is 12.3. The van der Waals surface area contributed by atoms with E-state index < -0.39 is 0 Å². The summed E-state index contributed by atoms with van der Waals surface area (Å²) < 4.78 is 5.42. The molecule has 2 heterocycles. The SMILES string of the molecule is Cc1ncc(Cl)c(C(=O)N[C@H]2CC[C@@H](Cc3nnc(C)o3)C2)n1. The highest BCUT2D eigenvalue weighted by molar-refractivity contribution is 6.33. The van der Waals surface area contributed by atoms with Crippen LogP contribution in [0.25, 0.3) is 0 Å². The van der Waals surface area contributed by atoms with Crippen molar-refractivity contribution in [1.82, 2.24) is 25.5 Å². The summed E-state index contributed by atoms with van der Waals surface area (Å²) in [6.07, 6.45) is 5.03. The molecule has 2 atom stereocenters. The molecule has 0 aromatic carbocycles. The predicted molar refractivity (Wildman–Crippen MR) is 83.1 cm³/mol. The van der Waals surface area contributed by atoms with Crippen LogP contribution in [-0.2, 0) is 6.42 Å². The summed E-state index contributed by atoms with van der Waals surface area (Å²) in [4.78, 5) is 20.4. The van der Waals surface area contributed by atoms with Crippen LogP contribution >= 0.6 is 11.6 Å². The average Bonchev–Trinajstić information content (AvgIpc) is 3.11. The summed E-state index contributed by atoms with van der Waals surface area (Å²) >= 11 is 6.00. The van der Waals surface area contributed by atoms with E-state index in [0.717, 1.165) is 25.7 Å². The molecule has 23 heavy (non-hydrogen) atoms. The van der Waals surface area contributed by atoms with Gasteiger partial charge in [-0.15, -0.1) is 10.2 Å². The van der Waals surface area contributed by atoms with Crippen LogP contribution in [0.1, 0.15) is 47.4 Å². The van der Waals surface area contributed by atoms with Crippen LogP contribution in [0.2, 0.25) is 5.02 Å². The third kappa shape index (κ3) is 3.85. The van der Waals surface area contributed by atoms with E-state index in [1.165, 1.54) is 6.20 Å². The quantitative estimate of drug-likeness (QED) is 0.921. The molecule has 3 rings (SSSR count). The molecule has 122 valence electrons. The van der Waals surface area contributed by atoms with Gasteiger partial charge >= 0.3 is 0 Å². The van der Waals surface area contributed by atoms with E-state index >= 15 is 0 Å². The largest absolute Gasteiger partial charge is 0.426 e. The van der Waals surface area contributed by atoms with Crippen molar-refractivity contribution in [3.8, 4) is 0 Å². The third-order valence-corrected chi connectivity index (χ3v) is 4.26. The normalized spacial score (nSPS) is 20.7. The fourth-order valence-corrected chi connectivity index (χ4v) is 3.10. The summed E-state index contributed by atoms with van der Waals surface area (Å²) in [6.45, 7) is 3.51. The Labute approximate surface area is 138 Å². The molecule has 2 aromatic heterocycles. The Kier molecular flexibility index (Phi) is 4.56. The highest BCUT2D eigenvalue weighted by Gasteiger charge is 2.28. The molecule has 1 amide bonds. The molecule has 0 saturated heterocycles. The van der Waals surface area contributed by atoms with Gasteiger partial charge in [-0.3, -0.25) is 4.79 Å². The van der Waals surface area contributed by atoms with Gasteiger partial charge in [-0.25, -0.2) is 9.97 Å². The fourth-order valence-electron chi connectivity index (χ4n) is 2.93. The van der Waals surface area contributed by atoms with Crippen LogP contribution in [-0.4, -0.2) is 32.1 Å². The van der Waals surface area contributed by atoms with Crippen molar-refractivity contribution >= 4 is 17.5 Å². The van der Waals surface area contributed by atoms with Crippen molar-refractivity contribution in [2.45, 2.75) is 45.6 Å². The van der Waals surface area contributed by atoms with Crippen molar-refractivity contribution in [1.29, 1.82) is 0 Å². The minimum atomic E-state index is -0.250. The number of amides is 1. The molecule has 8 heteroatoms. The van der Waals surface area contributed by atoms with Crippen molar-refractivity contribution < 1.29 is 9.21 Å². The molecule has 1 N–H and O–H groups in total. The number of carbonyl (C=O) groups excluding carboxylic acids is 1. The second-order valence-corrected chi connectivity index (χ2v) is 6.29. The first-order chi connectivity index (χ1) is 11.0. The van der Waals surface area contributed by atoms with Gasteiger partial charge in [0.1, 0.15) is 11.5 Å². The van der Waals surface area contributed by atoms with Gasteiger partial charge in [-0.2, -0.15) is 0 Å². The molecule has 1 fully saturated rings. The number of carbonyl (C=O) groups is 1. The lowest BCUT2D eigenvalue weighted by Crippen LogP contribution is -2.34. The van der Waals surface area contributed by atoms with Crippen LogP contribution in [0.4, 0.5) is 0 Å². The van der Waals surface area contributed by atoms with E-state index in [2.05, 4.69) is 25.5 Å². The van der Waals surface area contributed by atoms with Crippen molar-refractivity contribution in [2.24, 2.45) is 5.92 Å². The molecule has 2 aromatic rings. The van der Waals surface area contributed by atoms with E-state index in [9.17, 15) is 4.79 Å². The highest BCUT2D eigenvalue weighted by Crippen LogP contribution is 2.28. The fraction of sp³-hybridized carbons (Fsp3) is 0.533. The Bertz CT molecular complexity index is 718. The number of halogens is 1. The summed E-state index contributed by atoms with van der Waals surface area (Å²) in [5.41, 5.74) is 0.232. The Balaban J connectivity index is 1.57. The van der Waals surface area contributed by atoms with E-state index in [1.807, 2.05) is 0 Å². The maximum atomic E-state index is 12.3. The van der Waals surface area contributed by atoms with Crippen LogP contribution in [0.5, 0.6) is 0 Å². The maximum Gasteiger partial charge on any atom is 0.271 e. The Morgan fingerprint density at radius 2 is 2.22 bits per heavy atom. The van der Waals surface area contributed by atoms with Gasteiger partial charge in [0.25, 0.3) is 5.91 Å². The number of aryl methyl sites for hydroxylation is 2. The van der Waals surface area contributed by atoms with Gasteiger partial charge < -0.3 is 9.73 Å². The van der Waals surface area contributed by atoms with Gasteiger partial charge in [0.2, 0.25) is 11.8 Å². The molecule has 0 aliphatic heterocycles. The molecule has 0 radical (unpaired) electrons. The number of aromatic nitrogens is 4. The van der Waals surface area contributed by atoms with Crippen molar-refractivity contribution in [2.75, 3.05) is 0 Å². The summed E-state index contributed by atoms with van der Waals surface area (Å²) in [5, 5.41) is 11.1. The Morgan fingerprint density at radius 3 is 2.96 bits per heavy atom. The highest BCUT2D eigenvalue weighted by atomic mass is 35.5. The topological polar surface area (TPSA) is 93.8 Å². The van der Waals surface area contributed by atoms with E-state index in [0.29, 0.717) is 23.5 Å². The van der Waals surface area contributed by atoms with Crippen molar-refractivity contribution in [3.63, 3.8) is 0 Å². The average molecular weight is 336 g/mol. The number of hydrogen-bond acceptors (Lipinski definition) is 6. The molecule has 0 bridgehead atoms. The van der Waals surface area contributed by atoms with Gasteiger partial charge in [0, 0.05) is 19.4 Å². The molecule has 1 aliphatic rings. The third-order valence-electron chi connectivity index (χ3n) is 3.99. The number of rotatable bonds is 4. The molecule has 0 unspecified atom stereocenters. The van der Waals surface area contributed by atoms with Crippen LogP contribution in [0.3, 0.4) is 0 Å². The Morgan fingerprint density at radius 1 is 1.39 bits per heavy atom. The monoisotopic (exact) mass is 335 g/mol. The van der Waals surface area contributed by atoms with E-state index in [1.54, 1.807) is 13.8 Å². The zero-order valence-corrected chi connectivity index (χ0v) is 13.8. The summed E-state index contributed by atoms with van der Waals surface area (Å²) in [5.74, 6) is 1.95. The lowest BCUT2D eigenvalue weighted by Gasteiger charge is -2.13. The van der Waals surface area contributed by atoms with Gasteiger partial charge in [0.05, 0.1) is 11.2 Å². The van der Waals surface area contributed by atoms with Gasteiger partial charge in [-0.1, -0.05) is 11.6 Å². The van der Waals surface area contributed by atoms with Crippen LogP contribution in [0.15, 0.2) is 10.6 Å². The lowest BCUT2D eigenvalue weighted by atomic mass is 10.0. The smallest absolute Gasteiger partial charge is 0.271 e. The molecule has 1 saturated carbocycles. The minimum absolute atomic E-state index is 0.114. The van der Waals surface area contributed by atoms with E-state index in [4.69, 9.17) is 16.0 Å². The first-order valence-electron chi connectivity index (χ1n) is 7.60. The summed E-state index contributed by atoms with van der Waals surface area (Å²) in [7, 11) is 0. The second kappa shape index (κ2) is 6.62. The first kappa shape index (κ1) is 15.9. The standard InChI is InChI=1S/C15H18ClN5O2/c1-8-17-7-12(16)14(18-8)15(22)19-11-4-3-10(5-11)6-13-21-20-9(2)23-13/h7,10-11H,3-6H2,1-2H3,(H,19,22)/t10-,11+/m1/s1. The molecule has 1 aliphatic carbocycles. The number of nitrogens with zero attached hydrogens (tertiary/aromatic N) is 4. The van der Waals surface area contributed by atoms with Crippen LogP contribution in [0, 0.1) is 19.8 Å². The number of hydrogen-bond donors (Lipinski definition) is 1. The van der Waals surface area contributed by atoms with E-state index in [-0.39, 0.29) is 22.7 Å². The predicted octanol–water partition coefficient (Wildman–Crippen LogP) is 2.27. The van der Waals surface area contributed by atoms with Gasteiger partial charge in [0.15, 0.2) is 0 Å². The zero-order chi connectivity index (χ0) is 16.4. The minimum Gasteiger partial charge on any atom is -0.426 e. The van der Waals surface area contributed by atoms with Gasteiger partial charge in [-0.05, 0) is 32.1 Å². The lowest BCUT2D eigenvalue weighted by molar-refractivity contribution is 0.0932. The molecule has 0 spiro atoms. The number of nitrogens with one attached hydrogen (secondary N) is 1. The van der Waals surface area contributed by atoms with Crippen LogP contribution < -0.4 is 5.32 Å². The second-order valence-electron chi connectivity index (χ2n) is 5.88. The summed E-state index contributed by atoms with van der Waals surface area (Å²) in [6, 6.07) is 0.114.